The first-order chi connectivity index (χ1) is 9.54. The normalized spacial score (nSPS) is 10.8. The van der Waals surface area contributed by atoms with Crippen molar-refractivity contribution in [1.82, 2.24) is 14.8 Å². The molecule has 0 radical (unpaired) electrons. The average Bonchev–Trinajstić information content (AvgIpc) is 2.85. The first-order valence-corrected chi connectivity index (χ1v) is 7.61. The second-order valence-corrected chi connectivity index (χ2v) is 5.88. The van der Waals surface area contributed by atoms with Gasteiger partial charge >= 0.3 is 0 Å². The molecule has 0 saturated carbocycles. The molecule has 108 valence electrons. The summed E-state index contributed by atoms with van der Waals surface area (Å²) in [6, 6.07) is 2.00. The minimum atomic E-state index is -0.0150. The number of rotatable bonds is 5. The lowest BCUT2D eigenvalue weighted by Crippen LogP contribution is -2.21. The van der Waals surface area contributed by atoms with Crippen LogP contribution < -0.4 is 10.9 Å². The van der Waals surface area contributed by atoms with Crippen molar-refractivity contribution in [2.75, 3.05) is 11.9 Å². The highest BCUT2D eigenvalue weighted by Gasteiger charge is 2.15. The van der Waals surface area contributed by atoms with Gasteiger partial charge in [0, 0.05) is 19.3 Å². The number of pyridine rings is 1. The van der Waals surface area contributed by atoms with Crippen LogP contribution >= 0.6 is 11.3 Å². The maximum absolute atomic E-state index is 12.4. The van der Waals surface area contributed by atoms with E-state index in [4.69, 9.17) is 0 Å². The van der Waals surface area contributed by atoms with Crippen molar-refractivity contribution in [2.45, 2.75) is 33.6 Å². The van der Waals surface area contributed by atoms with Gasteiger partial charge < -0.3 is 9.88 Å². The van der Waals surface area contributed by atoms with E-state index in [0.29, 0.717) is 10.6 Å². The summed E-state index contributed by atoms with van der Waals surface area (Å²) in [5.41, 5.74) is 2.53. The minimum Gasteiger partial charge on any atom is -0.360 e. The molecule has 2 aromatic rings. The number of hydrogen-bond donors (Lipinski definition) is 1. The molecule has 0 spiro atoms. The van der Waals surface area contributed by atoms with E-state index in [9.17, 15) is 4.79 Å². The Morgan fingerprint density at radius 1 is 1.35 bits per heavy atom. The van der Waals surface area contributed by atoms with Gasteiger partial charge in [0.25, 0.3) is 5.56 Å². The van der Waals surface area contributed by atoms with E-state index in [0.717, 1.165) is 35.8 Å². The fourth-order valence-corrected chi connectivity index (χ4v) is 2.88. The topological polar surface area (TPSA) is 59.8 Å². The lowest BCUT2D eigenvalue weighted by atomic mass is 10.1. The zero-order chi connectivity index (χ0) is 14.7. The maximum atomic E-state index is 12.4. The van der Waals surface area contributed by atoms with Crippen LogP contribution in [0.15, 0.2) is 10.9 Å². The molecule has 0 aliphatic carbocycles. The lowest BCUT2D eigenvalue weighted by Gasteiger charge is -2.08. The van der Waals surface area contributed by atoms with E-state index in [2.05, 4.69) is 22.4 Å². The van der Waals surface area contributed by atoms with Gasteiger partial charge in [-0.1, -0.05) is 24.7 Å². The predicted molar refractivity (Wildman–Crippen MR) is 83.5 cm³/mol. The van der Waals surface area contributed by atoms with Crippen molar-refractivity contribution in [1.29, 1.82) is 0 Å². The highest BCUT2D eigenvalue weighted by atomic mass is 32.1. The SMILES string of the molecule is CCCCNc1nnc(-c2c(C)cc(C)n(C)c2=O)s1. The van der Waals surface area contributed by atoms with Crippen LogP contribution in [-0.4, -0.2) is 21.3 Å². The van der Waals surface area contributed by atoms with E-state index in [1.165, 1.54) is 11.3 Å². The smallest absolute Gasteiger partial charge is 0.261 e. The number of anilines is 1. The van der Waals surface area contributed by atoms with Crippen LogP contribution in [0.4, 0.5) is 5.13 Å². The predicted octanol–water partition coefficient (Wildman–Crippen LogP) is 2.73. The Morgan fingerprint density at radius 2 is 2.10 bits per heavy atom. The number of nitrogens with one attached hydrogen (secondary N) is 1. The summed E-state index contributed by atoms with van der Waals surface area (Å²) in [6.45, 7) is 6.90. The largest absolute Gasteiger partial charge is 0.360 e. The van der Waals surface area contributed by atoms with Crippen molar-refractivity contribution in [3.63, 3.8) is 0 Å². The third kappa shape index (κ3) is 2.90. The molecule has 1 N–H and O–H groups in total. The first kappa shape index (κ1) is 14.7. The minimum absolute atomic E-state index is 0.0150. The van der Waals surface area contributed by atoms with Crippen LogP contribution in [0.25, 0.3) is 10.6 Å². The summed E-state index contributed by atoms with van der Waals surface area (Å²) in [6.07, 6.45) is 2.23. The van der Waals surface area contributed by atoms with Crippen LogP contribution in [0.3, 0.4) is 0 Å². The number of nitrogens with zero attached hydrogens (tertiary/aromatic N) is 3. The van der Waals surface area contributed by atoms with Gasteiger partial charge in [-0.3, -0.25) is 4.79 Å². The highest BCUT2D eigenvalue weighted by Crippen LogP contribution is 2.26. The van der Waals surface area contributed by atoms with Gasteiger partial charge in [-0.2, -0.15) is 0 Å². The molecule has 0 bridgehead atoms. The van der Waals surface area contributed by atoms with Crippen LogP contribution in [0, 0.1) is 13.8 Å². The Labute approximate surface area is 122 Å². The zero-order valence-electron chi connectivity index (χ0n) is 12.4. The molecule has 2 rings (SSSR count). The number of aryl methyl sites for hydroxylation is 2. The molecule has 0 aromatic carbocycles. The molecule has 20 heavy (non-hydrogen) atoms. The van der Waals surface area contributed by atoms with Gasteiger partial charge in [-0.15, -0.1) is 10.2 Å². The molecule has 0 fully saturated rings. The van der Waals surface area contributed by atoms with E-state index in [-0.39, 0.29) is 5.56 Å². The van der Waals surface area contributed by atoms with Gasteiger partial charge in [-0.25, -0.2) is 0 Å². The Balaban J connectivity index is 2.33. The Kier molecular flexibility index (Phi) is 4.54. The maximum Gasteiger partial charge on any atom is 0.261 e. The van der Waals surface area contributed by atoms with Gasteiger partial charge in [0.2, 0.25) is 5.13 Å². The molecule has 2 aromatic heterocycles. The summed E-state index contributed by atoms with van der Waals surface area (Å²) >= 11 is 1.43. The standard InChI is InChI=1S/C14H20N4OS/c1-5-6-7-15-14-17-16-12(20-14)11-9(2)8-10(3)18(4)13(11)19/h8H,5-7H2,1-4H3,(H,15,17). The van der Waals surface area contributed by atoms with Crippen molar-refractivity contribution < 1.29 is 0 Å². The molecule has 0 aliphatic rings. The first-order valence-electron chi connectivity index (χ1n) is 6.79. The number of hydrogen-bond acceptors (Lipinski definition) is 5. The molecule has 0 atom stereocenters. The Bertz CT molecular complexity index is 660. The van der Waals surface area contributed by atoms with Crippen LogP contribution in [0.1, 0.15) is 31.0 Å². The fraction of sp³-hybridized carbons (Fsp3) is 0.500. The lowest BCUT2D eigenvalue weighted by molar-refractivity contribution is 0.816. The molecule has 2 heterocycles. The summed E-state index contributed by atoms with van der Waals surface area (Å²) in [5.74, 6) is 0. The summed E-state index contributed by atoms with van der Waals surface area (Å²) < 4.78 is 1.65. The van der Waals surface area contributed by atoms with E-state index in [1.807, 2.05) is 19.9 Å². The quantitative estimate of drug-likeness (QED) is 0.861. The molecule has 0 unspecified atom stereocenters. The van der Waals surface area contributed by atoms with Crippen LogP contribution in [0.5, 0.6) is 0 Å². The second-order valence-electron chi connectivity index (χ2n) is 4.90. The Hall–Kier alpha value is -1.69. The molecule has 0 saturated heterocycles. The van der Waals surface area contributed by atoms with Crippen molar-refractivity contribution in [3.8, 4) is 10.6 Å². The van der Waals surface area contributed by atoms with Gasteiger partial charge in [-0.05, 0) is 31.9 Å². The van der Waals surface area contributed by atoms with E-state index >= 15 is 0 Å². The molecule has 0 aliphatic heterocycles. The monoisotopic (exact) mass is 292 g/mol. The Morgan fingerprint density at radius 3 is 2.80 bits per heavy atom. The third-order valence-corrected chi connectivity index (χ3v) is 4.21. The summed E-state index contributed by atoms with van der Waals surface area (Å²) in [5, 5.41) is 13.0. The highest BCUT2D eigenvalue weighted by molar-refractivity contribution is 7.18. The zero-order valence-corrected chi connectivity index (χ0v) is 13.2. The van der Waals surface area contributed by atoms with Gasteiger partial charge in [0.1, 0.15) is 0 Å². The van der Waals surface area contributed by atoms with Gasteiger partial charge in [0.05, 0.1) is 5.56 Å². The molecular formula is C14H20N4OS. The van der Waals surface area contributed by atoms with Gasteiger partial charge in [0.15, 0.2) is 5.01 Å². The van der Waals surface area contributed by atoms with E-state index < -0.39 is 0 Å². The molecule has 0 amide bonds. The van der Waals surface area contributed by atoms with Crippen LogP contribution in [0.2, 0.25) is 0 Å². The third-order valence-electron chi connectivity index (χ3n) is 3.31. The van der Waals surface area contributed by atoms with Crippen LogP contribution in [-0.2, 0) is 7.05 Å². The fourth-order valence-electron chi connectivity index (χ4n) is 2.01. The number of unbranched alkanes of at least 4 members (excludes halogenated alkanes) is 1. The summed E-state index contributed by atoms with van der Waals surface area (Å²) in [4.78, 5) is 12.4. The van der Waals surface area contributed by atoms with Crippen molar-refractivity contribution >= 4 is 16.5 Å². The summed E-state index contributed by atoms with van der Waals surface area (Å²) in [7, 11) is 1.78. The van der Waals surface area contributed by atoms with Crippen molar-refractivity contribution in [3.05, 3.63) is 27.7 Å². The molecule has 6 heteroatoms. The molecular weight excluding hydrogens is 272 g/mol. The van der Waals surface area contributed by atoms with Crippen molar-refractivity contribution in [2.24, 2.45) is 7.05 Å². The second kappa shape index (κ2) is 6.17. The number of aromatic nitrogens is 3. The average molecular weight is 292 g/mol. The molecule has 5 nitrogen and oxygen atoms in total. The van der Waals surface area contributed by atoms with E-state index in [1.54, 1.807) is 11.6 Å².